The molecule has 1 fully saturated rings. The first-order valence-corrected chi connectivity index (χ1v) is 7.43. The smallest absolute Gasteiger partial charge is 0.308 e. The van der Waals surface area contributed by atoms with E-state index in [0.717, 1.165) is 0 Å². The third kappa shape index (κ3) is 3.11. The summed E-state index contributed by atoms with van der Waals surface area (Å²) in [6.45, 7) is 0.669. The largest absolute Gasteiger partial charge is 0.481 e. The van der Waals surface area contributed by atoms with E-state index in [4.69, 9.17) is 9.52 Å². The number of carboxylic acid groups (broad SMARTS) is 1. The fourth-order valence-corrected chi connectivity index (χ4v) is 2.78. The monoisotopic (exact) mass is 317 g/mol. The maximum absolute atomic E-state index is 13.8. The molecule has 3 rings (SSSR count). The van der Waals surface area contributed by atoms with Crippen molar-refractivity contribution in [3.63, 3.8) is 0 Å². The van der Waals surface area contributed by atoms with Crippen LogP contribution in [0.3, 0.4) is 0 Å². The fourth-order valence-electron chi connectivity index (χ4n) is 2.78. The molecular formula is C17H16FNO4. The van der Waals surface area contributed by atoms with Crippen molar-refractivity contribution in [2.75, 3.05) is 13.1 Å². The first-order chi connectivity index (χ1) is 11.1. The van der Waals surface area contributed by atoms with Crippen LogP contribution in [0.5, 0.6) is 0 Å². The average molecular weight is 317 g/mol. The molecule has 0 radical (unpaired) electrons. The lowest BCUT2D eigenvalue weighted by Crippen LogP contribution is -2.42. The van der Waals surface area contributed by atoms with Crippen molar-refractivity contribution >= 4 is 11.9 Å². The maximum Gasteiger partial charge on any atom is 0.308 e. The van der Waals surface area contributed by atoms with Gasteiger partial charge in [-0.1, -0.05) is 12.1 Å². The third-order valence-electron chi connectivity index (χ3n) is 4.01. The van der Waals surface area contributed by atoms with Gasteiger partial charge in [0, 0.05) is 13.1 Å². The quantitative estimate of drug-likeness (QED) is 0.944. The van der Waals surface area contributed by atoms with E-state index in [1.807, 2.05) is 0 Å². The van der Waals surface area contributed by atoms with Crippen LogP contribution >= 0.6 is 0 Å². The van der Waals surface area contributed by atoms with E-state index in [-0.39, 0.29) is 29.5 Å². The van der Waals surface area contributed by atoms with Crippen LogP contribution in [0.1, 0.15) is 23.4 Å². The van der Waals surface area contributed by atoms with E-state index in [2.05, 4.69) is 0 Å². The molecule has 23 heavy (non-hydrogen) atoms. The van der Waals surface area contributed by atoms with Crippen LogP contribution in [0.2, 0.25) is 0 Å². The topological polar surface area (TPSA) is 70.8 Å². The highest BCUT2D eigenvalue weighted by Crippen LogP contribution is 2.26. The summed E-state index contributed by atoms with van der Waals surface area (Å²) in [4.78, 5) is 25.0. The molecule has 1 amide bonds. The molecule has 120 valence electrons. The number of nitrogens with zero attached hydrogens (tertiary/aromatic N) is 1. The first-order valence-electron chi connectivity index (χ1n) is 7.43. The van der Waals surface area contributed by atoms with Crippen molar-refractivity contribution in [2.24, 2.45) is 5.92 Å². The summed E-state index contributed by atoms with van der Waals surface area (Å²) in [5, 5.41) is 9.09. The lowest BCUT2D eigenvalue weighted by atomic mass is 9.98. The van der Waals surface area contributed by atoms with E-state index < -0.39 is 17.7 Å². The average Bonchev–Trinajstić information content (AvgIpc) is 3.04. The summed E-state index contributed by atoms with van der Waals surface area (Å²) in [6.07, 6.45) is 1.21. The van der Waals surface area contributed by atoms with Crippen molar-refractivity contribution in [1.29, 1.82) is 0 Å². The zero-order chi connectivity index (χ0) is 16.4. The standard InChI is InChI=1S/C17H16FNO4/c18-13-6-2-1-5-12(13)14-7-8-15(23-14)16(20)19-9-3-4-11(10-19)17(21)22/h1-2,5-8,11H,3-4,9-10H2,(H,21,22). The van der Waals surface area contributed by atoms with E-state index in [1.54, 1.807) is 24.3 Å². The highest BCUT2D eigenvalue weighted by molar-refractivity contribution is 5.92. The van der Waals surface area contributed by atoms with E-state index in [9.17, 15) is 14.0 Å². The summed E-state index contributed by atoms with van der Waals surface area (Å²) < 4.78 is 19.2. The Hall–Kier alpha value is -2.63. The van der Waals surface area contributed by atoms with Crippen molar-refractivity contribution in [1.82, 2.24) is 4.90 Å². The lowest BCUT2D eigenvalue weighted by Gasteiger charge is -2.29. The van der Waals surface area contributed by atoms with Gasteiger partial charge < -0.3 is 14.4 Å². The Bertz CT molecular complexity index is 740. The van der Waals surface area contributed by atoms with Gasteiger partial charge in [0.25, 0.3) is 5.91 Å². The van der Waals surface area contributed by atoms with Gasteiger partial charge in [-0.3, -0.25) is 9.59 Å². The Morgan fingerprint density at radius 2 is 2.00 bits per heavy atom. The van der Waals surface area contributed by atoms with Gasteiger partial charge in [-0.15, -0.1) is 0 Å². The van der Waals surface area contributed by atoms with Gasteiger partial charge in [-0.25, -0.2) is 4.39 Å². The molecule has 2 heterocycles. The molecule has 2 aromatic rings. The molecule has 0 bridgehead atoms. The number of furan rings is 1. The molecule has 0 aliphatic carbocycles. The fraction of sp³-hybridized carbons (Fsp3) is 0.294. The highest BCUT2D eigenvalue weighted by atomic mass is 19.1. The molecule has 6 heteroatoms. The van der Waals surface area contributed by atoms with Crippen molar-refractivity contribution in [3.05, 3.63) is 48.0 Å². The number of carboxylic acids is 1. The molecule has 1 aliphatic heterocycles. The van der Waals surface area contributed by atoms with Crippen molar-refractivity contribution in [3.8, 4) is 11.3 Å². The number of carbonyl (C=O) groups excluding carboxylic acids is 1. The second kappa shape index (κ2) is 6.24. The second-order valence-corrected chi connectivity index (χ2v) is 5.57. The van der Waals surface area contributed by atoms with Crippen LogP contribution in [0.4, 0.5) is 4.39 Å². The van der Waals surface area contributed by atoms with E-state index in [1.165, 1.54) is 17.0 Å². The molecular weight excluding hydrogens is 301 g/mol. The lowest BCUT2D eigenvalue weighted by molar-refractivity contribution is -0.143. The van der Waals surface area contributed by atoms with Gasteiger partial charge >= 0.3 is 5.97 Å². The predicted octanol–water partition coefficient (Wildman–Crippen LogP) is 3.02. The van der Waals surface area contributed by atoms with E-state index in [0.29, 0.717) is 19.4 Å². The molecule has 0 spiro atoms. The molecule has 1 atom stereocenters. The minimum Gasteiger partial charge on any atom is -0.481 e. The number of rotatable bonds is 3. The number of likely N-dealkylation sites (tertiary alicyclic amines) is 1. The zero-order valence-corrected chi connectivity index (χ0v) is 12.4. The van der Waals surface area contributed by atoms with Gasteiger partial charge in [0.1, 0.15) is 11.6 Å². The van der Waals surface area contributed by atoms with Crippen LogP contribution in [0.15, 0.2) is 40.8 Å². The molecule has 1 aromatic carbocycles. The minimum absolute atomic E-state index is 0.0919. The molecule has 1 aliphatic rings. The molecule has 1 N–H and O–H groups in total. The minimum atomic E-state index is -0.894. The van der Waals surface area contributed by atoms with Gasteiger partial charge in [-0.05, 0) is 37.1 Å². The van der Waals surface area contributed by atoms with Crippen molar-refractivity contribution < 1.29 is 23.5 Å². The Morgan fingerprint density at radius 3 is 2.74 bits per heavy atom. The predicted molar refractivity (Wildman–Crippen MR) is 80.4 cm³/mol. The normalized spacial score (nSPS) is 18.0. The Labute approximate surface area is 132 Å². The van der Waals surface area contributed by atoms with Gasteiger partial charge in [0.15, 0.2) is 5.76 Å². The summed E-state index contributed by atoms with van der Waals surface area (Å²) in [5.41, 5.74) is 0.286. The first kappa shape index (κ1) is 15.3. The number of hydrogen-bond donors (Lipinski definition) is 1. The van der Waals surface area contributed by atoms with Crippen LogP contribution in [0, 0.1) is 11.7 Å². The number of amides is 1. The summed E-state index contributed by atoms with van der Waals surface area (Å²) in [5.74, 6) is -1.86. The number of halogens is 1. The Morgan fingerprint density at radius 1 is 1.22 bits per heavy atom. The molecule has 1 saturated heterocycles. The number of hydrogen-bond acceptors (Lipinski definition) is 3. The maximum atomic E-state index is 13.8. The molecule has 1 unspecified atom stereocenters. The van der Waals surface area contributed by atoms with E-state index >= 15 is 0 Å². The molecule has 5 nitrogen and oxygen atoms in total. The van der Waals surface area contributed by atoms with Crippen LogP contribution < -0.4 is 0 Å². The van der Waals surface area contributed by atoms with Crippen molar-refractivity contribution in [2.45, 2.75) is 12.8 Å². The van der Waals surface area contributed by atoms with Crippen LogP contribution in [-0.2, 0) is 4.79 Å². The summed E-state index contributed by atoms with van der Waals surface area (Å²) in [7, 11) is 0. The van der Waals surface area contributed by atoms with Gasteiger partial charge in [-0.2, -0.15) is 0 Å². The van der Waals surface area contributed by atoms with Crippen LogP contribution in [0.25, 0.3) is 11.3 Å². The Kier molecular flexibility index (Phi) is 4.14. The Balaban J connectivity index is 1.79. The molecule has 1 aromatic heterocycles. The summed E-state index contributed by atoms with van der Waals surface area (Å²) in [6, 6.07) is 9.20. The van der Waals surface area contributed by atoms with Crippen LogP contribution in [-0.4, -0.2) is 35.0 Å². The number of benzene rings is 1. The zero-order valence-electron chi connectivity index (χ0n) is 12.4. The second-order valence-electron chi connectivity index (χ2n) is 5.57. The number of aliphatic carboxylic acids is 1. The highest BCUT2D eigenvalue weighted by Gasteiger charge is 2.30. The van der Waals surface area contributed by atoms with Gasteiger partial charge in [0.05, 0.1) is 11.5 Å². The number of piperidine rings is 1. The number of carbonyl (C=O) groups is 2. The third-order valence-corrected chi connectivity index (χ3v) is 4.01. The SMILES string of the molecule is O=C(O)C1CCCN(C(=O)c2ccc(-c3ccccc3F)o2)C1. The summed E-state index contributed by atoms with van der Waals surface area (Å²) >= 11 is 0. The molecule has 0 saturated carbocycles. The van der Waals surface area contributed by atoms with Gasteiger partial charge in [0.2, 0.25) is 0 Å².